The molecule has 0 radical (unpaired) electrons. The molecule has 142 valence electrons. The molecule has 1 saturated heterocycles. The zero-order chi connectivity index (χ0) is 19.0. The maximum Gasteiger partial charge on any atom is 0.270 e. The summed E-state index contributed by atoms with van der Waals surface area (Å²) in [5.74, 6) is -0.963. The fraction of sp³-hybridized carbons (Fsp3) is 0.400. The van der Waals surface area contributed by atoms with Crippen LogP contribution in [0.5, 0.6) is 0 Å². The van der Waals surface area contributed by atoms with E-state index in [1.54, 1.807) is 12.1 Å². The van der Waals surface area contributed by atoms with E-state index in [4.69, 9.17) is 0 Å². The SMILES string of the molecule is Cc1nc2cccc(N3CCN(Cc4ccc(C(C)(F)F)cc4)CC3)n2n1. The Morgan fingerprint density at radius 1 is 1.00 bits per heavy atom. The number of hydrogen-bond donors (Lipinski definition) is 0. The molecule has 5 nitrogen and oxygen atoms in total. The van der Waals surface area contributed by atoms with Crippen LogP contribution < -0.4 is 4.90 Å². The topological polar surface area (TPSA) is 36.7 Å². The molecule has 7 heteroatoms. The molecule has 0 atom stereocenters. The average Bonchev–Trinajstić information content (AvgIpc) is 3.02. The Labute approximate surface area is 157 Å². The van der Waals surface area contributed by atoms with Crippen molar-refractivity contribution >= 4 is 11.5 Å². The van der Waals surface area contributed by atoms with E-state index < -0.39 is 5.92 Å². The molecule has 27 heavy (non-hydrogen) atoms. The van der Waals surface area contributed by atoms with Gasteiger partial charge in [-0.2, -0.15) is 4.52 Å². The lowest BCUT2D eigenvalue weighted by molar-refractivity contribution is 0.0174. The molecular weight excluding hydrogens is 348 g/mol. The first-order valence-electron chi connectivity index (χ1n) is 9.17. The predicted molar refractivity (Wildman–Crippen MR) is 101 cm³/mol. The van der Waals surface area contributed by atoms with Crippen molar-refractivity contribution in [3.05, 3.63) is 59.4 Å². The van der Waals surface area contributed by atoms with Gasteiger partial charge in [0.25, 0.3) is 5.92 Å². The van der Waals surface area contributed by atoms with E-state index in [0.29, 0.717) is 0 Å². The number of alkyl halides is 2. The van der Waals surface area contributed by atoms with Gasteiger partial charge < -0.3 is 4.90 Å². The zero-order valence-corrected chi connectivity index (χ0v) is 15.6. The van der Waals surface area contributed by atoms with Crippen molar-refractivity contribution in [3.8, 4) is 0 Å². The molecule has 3 heterocycles. The summed E-state index contributed by atoms with van der Waals surface area (Å²) >= 11 is 0. The molecule has 0 aliphatic carbocycles. The summed E-state index contributed by atoms with van der Waals surface area (Å²) in [5, 5.41) is 4.49. The summed E-state index contributed by atoms with van der Waals surface area (Å²) in [6.45, 7) is 7.21. The molecule has 0 saturated carbocycles. The van der Waals surface area contributed by atoms with Gasteiger partial charge in [0.2, 0.25) is 0 Å². The zero-order valence-electron chi connectivity index (χ0n) is 15.6. The van der Waals surface area contributed by atoms with Crippen molar-refractivity contribution in [2.75, 3.05) is 31.1 Å². The monoisotopic (exact) mass is 371 g/mol. The van der Waals surface area contributed by atoms with Crippen LogP contribution >= 0.6 is 0 Å². The fourth-order valence-corrected chi connectivity index (χ4v) is 3.53. The molecule has 0 spiro atoms. The summed E-state index contributed by atoms with van der Waals surface area (Å²) in [4.78, 5) is 9.09. The molecule has 0 bridgehead atoms. The van der Waals surface area contributed by atoms with Crippen LogP contribution in [0.2, 0.25) is 0 Å². The summed E-state index contributed by atoms with van der Waals surface area (Å²) in [5.41, 5.74) is 1.98. The second kappa shape index (κ2) is 6.88. The van der Waals surface area contributed by atoms with Crippen LogP contribution in [-0.4, -0.2) is 45.7 Å². The van der Waals surface area contributed by atoms with E-state index in [9.17, 15) is 8.78 Å². The van der Waals surface area contributed by atoms with Gasteiger partial charge >= 0.3 is 0 Å². The van der Waals surface area contributed by atoms with Gasteiger partial charge in [0, 0.05) is 45.2 Å². The molecule has 0 unspecified atom stereocenters. The Kier molecular flexibility index (Phi) is 4.55. The van der Waals surface area contributed by atoms with Crippen molar-refractivity contribution in [2.24, 2.45) is 0 Å². The maximum absolute atomic E-state index is 13.3. The fourth-order valence-electron chi connectivity index (χ4n) is 3.53. The lowest BCUT2D eigenvalue weighted by Gasteiger charge is -2.36. The normalized spacial score (nSPS) is 16.2. The van der Waals surface area contributed by atoms with Gasteiger partial charge in [-0.15, -0.1) is 5.10 Å². The third-order valence-corrected chi connectivity index (χ3v) is 5.01. The molecule has 4 rings (SSSR count). The molecular formula is C20H23F2N5. The van der Waals surface area contributed by atoms with E-state index >= 15 is 0 Å². The highest BCUT2D eigenvalue weighted by molar-refractivity contribution is 5.50. The minimum Gasteiger partial charge on any atom is -0.354 e. The van der Waals surface area contributed by atoms with E-state index in [2.05, 4.69) is 25.9 Å². The van der Waals surface area contributed by atoms with Crippen LogP contribution in [0.3, 0.4) is 0 Å². The quantitative estimate of drug-likeness (QED) is 0.704. The highest BCUT2D eigenvalue weighted by Gasteiger charge is 2.24. The van der Waals surface area contributed by atoms with Crippen molar-refractivity contribution in [3.63, 3.8) is 0 Å². The van der Waals surface area contributed by atoms with Gasteiger partial charge in [0.1, 0.15) is 11.6 Å². The van der Waals surface area contributed by atoms with E-state index in [1.807, 2.05) is 23.6 Å². The van der Waals surface area contributed by atoms with E-state index in [1.165, 1.54) is 12.1 Å². The third-order valence-electron chi connectivity index (χ3n) is 5.01. The number of pyridine rings is 1. The van der Waals surface area contributed by atoms with Crippen LogP contribution in [0.15, 0.2) is 42.5 Å². The second-order valence-corrected chi connectivity index (χ2v) is 7.16. The van der Waals surface area contributed by atoms with Crippen molar-refractivity contribution in [2.45, 2.75) is 26.3 Å². The minimum absolute atomic E-state index is 0.0623. The van der Waals surface area contributed by atoms with Gasteiger partial charge in [0.15, 0.2) is 5.65 Å². The van der Waals surface area contributed by atoms with Crippen LogP contribution in [0.25, 0.3) is 5.65 Å². The summed E-state index contributed by atoms with van der Waals surface area (Å²) in [6, 6.07) is 12.7. The van der Waals surface area contributed by atoms with Crippen molar-refractivity contribution in [1.29, 1.82) is 0 Å². The standard InChI is InChI=1S/C20H23F2N5/c1-15-23-18-4-3-5-19(27(18)24-15)26-12-10-25(11-13-26)14-16-6-8-17(9-7-16)20(2,21)22/h3-9H,10-14H2,1-2H3. The molecule has 1 aromatic carbocycles. The Balaban J connectivity index is 1.40. The Morgan fingerprint density at radius 3 is 2.37 bits per heavy atom. The number of nitrogens with zero attached hydrogens (tertiary/aromatic N) is 5. The lowest BCUT2D eigenvalue weighted by Crippen LogP contribution is -2.46. The molecule has 0 N–H and O–H groups in total. The van der Waals surface area contributed by atoms with Crippen LogP contribution in [0.1, 0.15) is 23.9 Å². The van der Waals surface area contributed by atoms with Gasteiger partial charge in [-0.05, 0) is 24.6 Å². The number of halogens is 2. The average molecular weight is 371 g/mol. The Bertz CT molecular complexity index is 922. The first kappa shape index (κ1) is 17.9. The predicted octanol–water partition coefficient (Wildman–Crippen LogP) is 3.47. The summed E-state index contributed by atoms with van der Waals surface area (Å²) < 4.78 is 28.6. The molecule has 0 amide bonds. The van der Waals surface area contributed by atoms with Crippen LogP contribution in [0, 0.1) is 6.92 Å². The Morgan fingerprint density at radius 2 is 1.70 bits per heavy atom. The number of hydrogen-bond acceptors (Lipinski definition) is 4. The number of benzene rings is 1. The number of fused-ring (bicyclic) bond motifs is 1. The van der Waals surface area contributed by atoms with Crippen LogP contribution in [0.4, 0.5) is 14.6 Å². The minimum atomic E-state index is -2.79. The molecule has 1 aliphatic rings. The van der Waals surface area contributed by atoms with Crippen molar-refractivity contribution in [1.82, 2.24) is 19.5 Å². The number of piperazine rings is 1. The molecule has 1 fully saturated rings. The van der Waals surface area contributed by atoms with Gasteiger partial charge in [-0.1, -0.05) is 30.3 Å². The van der Waals surface area contributed by atoms with Gasteiger partial charge in [-0.25, -0.2) is 13.8 Å². The molecule has 1 aliphatic heterocycles. The number of anilines is 1. The molecule has 3 aromatic rings. The molecule has 2 aromatic heterocycles. The first-order chi connectivity index (χ1) is 12.9. The Hall–Kier alpha value is -2.54. The third kappa shape index (κ3) is 3.78. The van der Waals surface area contributed by atoms with Gasteiger partial charge in [-0.3, -0.25) is 4.90 Å². The van der Waals surface area contributed by atoms with Crippen molar-refractivity contribution < 1.29 is 8.78 Å². The van der Waals surface area contributed by atoms with E-state index in [0.717, 1.165) is 62.5 Å². The highest BCUT2D eigenvalue weighted by Crippen LogP contribution is 2.27. The lowest BCUT2D eigenvalue weighted by atomic mass is 10.1. The summed E-state index contributed by atoms with van der Waals surface area (Å²) in [6.07, 6.45) is 0. The number of aromatic nitrogens is 3. The van der Waals surface area contributed by atoms with Gasteiger partial charge in [0.05, 0.1) is 0 Å². The summed E-state index contributed by atoms with van der Waals surface area (Å²) in [7, 11) is 0. The number of aryl methyl sites for hydroxylation is 1. The second-order valence-electron chi connectivity index (χ2n) is 7.16. The maximum atomic E-state index is 13.3. The van der Waals surface area contributed by atoms with E-state index in [-0.39, 0.29) is 5.56 Å². The largest absolute Gasteiger partial charge is 0.354 e. The smallest absolute Gasteiger partial charge is 0.270 e. The van der Waals surface area contributed by atoms with Crippen LogP contribution in [-0.2, 0) is 12.5 Å². The first-order valence-corrected chi connectivity index (χ1v) is 9.17. The number of rotatable bonds is 4. The highest BCUT2D eigenvalue weighted by atomic mass is 19.3.